The van der Waals surface area contributed by atoms with Crippen LogP contribution >= 0.6 is 0 Å². The maximum atomic E-state index is 12.9. The molecule has 0 bridgehead atoms. The van der Waals surface area contributed by atoms with E-state index in [0.29, 0.717) is 11.6 Å². The second kappa shape index (κ2) is 6.21. The molecule has 20 heavy (non-hydrogen) atoms. The molecule has 0 amide bonds. The summed E-state index contributed by atoms with van der Waals surface area (Å²) in [5, 5.41) is 8.23. The van der Waals surface area contributed by atoms with Crippen LogP contribution in [0.5, 0.6) is 0 Å². The molecule has 108 valence electrons. The van der Waals surface area contributed by atoms with Crippen molar-refractivity contribution in [3.63, 3.8) is 0 Å². The highest BCUT2D eigenvalue weighted by Crippen LogP contribution is 2.32. The lowest BCUT2D eigenvalue weighted by molar-refractivity contribution is 0.318. The van der Waals surface area contributed by atoms with Crippen LogP contribution in [0.25, 0.3) is 0 Å². The summed E-state index contributed by atoms with van der Waals surface area (Å²) >= 11 is 0. The number of rotatable bonds is 3. The highest BCUT2D eigenvalue weighted by atomic mass is 19.1. The van der Waals surface area contributed by atoms with Crippen molar-refractivity contribution in [1.29, 1.82) is 5.41 Å². The fraction of sp³-hybridized carbons (Fsp3) is 0.471. The van der Waals surface area contributed by atoms with Crippen LogP contribution in [-0.2, 0) is 0 Å². The highest BCUT2D eigenvalue weighted by molar-refractivity contribution is 6.10. The quantitative estimate of drug-likeness (QED) is 0.795. The summed E-state index contributed by atoms with van der Waals surface area (Å²) in [4.78, 5) is 0. The lowest BCUT2D eigenvalue weighted by atomic mass is 9.80. The van der Waals surface area contributed by atoms with Crippen molar-refractivity contribution < 1.29 is 4.39 Å². The van der Waals surface area contributed by atoms with Crippen LogP contribution in [0.1, 0.15) is 45.1 Å². The molecule has 3 heteroatoms. The average molecular weight is 274 g/mol. The molecule has 1 saturated carbocycles. The van der Waals surface area contributed by atoms with Crippen LogP contribution in [0.3, 0.4) is 0 Å². The summed E-state index contributed by atoms with van der Waals surface area (Å²) in [6, 6.07) is 6.04. The third kappa shape index (κ3) is 3.27. The largest absolute Gasteiger partial charge is 0.402 e. The van der Waals surface area contributed by atoms with Gasteiger partial charge in [0.25, 0.3) is 0 Å². The zero-order valence-corrected chi connectivity index (χ0v) is 12.2. The number of hydrogen-bond acceptors (Lipinski definition) is 2. The SMILES string of the molecule is C/C(C(=N)c1ccc(F)cc1)=C(/N)C1CCC(C)CC1. The minimum Gasteiger partial charge on any atom is -0.402 e. The minimum atomic E-state index is -0.280. The molecule has 1 aliphatic rings. The molecular formula is C17H23FN2. The van der Waals surface area contributed by atoms with Crippen LogP contribution in [-0.4, -0.2) is 5.71 Å². The van der Waals surface area contributed by atoms with Crippen molar-refractivity contribution >= 4 is 5.71 Å². The van der Waals surface area contributed by atoms with Crippen LogP contribution in [0.2, 0.25) is 0 Å². The number of hydrogen-bond donors (Lipinski definition) is 2. The Morgan fingerprint density at radius 2 is 1.70 bits per heavy atom. The van der Waals surface area contributed by atoms with Gasteiger partial charge in [-0.2, -0.15) is 0 Å². The molecule has 0 spiro atoms. The van der Waals surface area contributed by atoms with Crippen LogP contribution in [0.4, 0.5) is 4.39 Å². The van der Waals surface area contributed by atoms with Gasteiger partial charge in [-0.15, -0.1) is 0 Å². The van der Waals surface area contributed by atoms with Gasteiger partial charge in [0.1, 0.15) is 5.82 Å². The first kappa shape index (κ1) is 14.8. The predicted octanol–water partition coefficient (Wildman–Crippen LogP) is 4.25. The maximum absolute atomic E-state index is 12.9. The van der Waals surface area contributed by atoms with Gasteiger partial charge in [-0.3, -0.25) is 5.41 Å². The Morgan fingerprint density at radius 3 is 2.25 bits per heavy atom. The van der Waals surface area contributed by atoms with Crippen molar-refractivity contribution in [1.82, 2.24) is 0 Å². The second-order valence-electron chi connectivity index (χ2n) is 5.92. The Hall–Kier alpha value is -1.64. The molecule has 0 aromatic heterocycles. The molecule has 2 rings (SSSR count). The standard InChI is InChI=1S/C17H23FN2/c1-11-3-5-13(6-4-11)16(19)12(2)17(20)14-7-9-15(18)10-8-14/h7-11,13,20H,3-6,19H2,1-2H3/b16-12-,20-17?. The maximum Gasteiger partial charge on any atom is 0.123 e. The smallest absolute Gasteiger partial charge is 0.123 e. The summed E-state index contributed by atoms with van der Waals surface area (Å²) in [7, 11) is 0. The Bertz CT molecular complexity index is 508. The number of nitrogens with one attached hydrogen (secondary N) is 1. The fourth-order valence-electron chi connectivity index (χ4n) is 2.85. The molecule has 0 heterocycles. The Balaban J connectivity index is 2.15. The van der Waals surface area contributed by atoms with Gasteiger partial charge in [0.15, 0.2) is 0 Å². The lowest BCUT2D eigenvalue weighted by Crippen LogP contribution is -2.22. The normalized spacial score (nSPS) is 24.1. The van der Waals surface area contributed by atoms with Gasteiger partial charge in [0, 0.05) is 5.70 Å². The molecule has 1 aromatic carbocycles. The van der Waals surface area contributed by atoms with Crippen molar-refractivity contribution in [2.45, 2.75) is 39.5 Å². The first-order valence-corrected chi connectivity index (χ1v) is 7.30. The summed E-state index contributed by atoms with van der Waals surface area (Å²) in [6.07, 6.45) is 4.65. The van der Waals surface area contributed by atoms with Crippen molar-refractivity contribution in [3.05, 3.63) is 46.9 Å². The molecule has 0 saturated heterocycles. The molecule has 0 radical (unpaired) electrons. The molecule has 3 N–H and O–H groups in total. The number of benzene rings is 1. The number of allylic oxidation sites excluding steroid dienone is 2. The summed E-state index contributed by atoms with van der Waals surface area (Å²) in [5.74, 6) is 0.903. The van der Waals surface area contributed by atoms with Gasteiger partial charge in [-0.25, -0.2) is 4.39 Å². The molecular weight excluding hydrogens is 251 g/mol. The highest BCUT2D eigenvalue weighted by Gasteiger charge is 2.22. The summed E-state index contributed by atoms with van der Waals surface area (Å²) < 4.78 is 12.9. The van der Waals surface area contributed by atoms with E-state index in [4.69, 9.17) is 11.1 Å². The predicted molar refractivity (Wildman–Crippen MR) is 81.2 cm³/mol. The molecule has 0 unspecified atom stereocenters. The van der Waals surface area contributed by atoms with E-state index < -0.39 is 0 Å². The van der Waals surface area contributed by atoms with Gasteiger partial charge in [-0.1, -0.05) is 19.8 Å². The van der Waals surface area contributed by atoms with Gasteiger partial charge in [0.05, 0.1) is 5.71 Å². The topological polar surface area (TPSA) is 49.9 Å². The Morgan fingerprint density at radius 1 is 1.15 bits per heavy atom. The molecule has 1 fully saturated rings. The van der Waals surface area contributed by atoms with Crippen molar-refractivity contribution in [2.24, 2.45) is 17.6 Å². The van der Waals surface area contributed by atoms with Crippen molar-refractivity contribution in [3.8, 4) is 0 Å². The lowest BCUT2D eigenvalue weighted by Gasteiger charge is -2.27. The molecule has 1 aliphatic carbocycles. The number of halogens is 1. The Kier molecular flexibility index (Phi) is 4.58. The van der Waals surface area contributed by atoms with Crippen LogP contribution in [0.15, 0.2) is 35.5 Å². The third-order valence-electron chi connectivity index (χ3n) is 4.40. The molecule has 1 aromatic rings. The van der Waals surface area contributed by atoms with E-state index in [1.165, 1.54) is 25.0 Å². The summed E-state index contributed by atoms with van der Waals surface area (Å²) in [6.45, 7) is 4.18. The third-order valence-corrected chi connectivity index (χ3v) is 4.40. The van der Waals surface area contributed by atoms with E-state index in [-0.39, 0.29) is 5.82 Å². The second-order valence-corrected chi connectivity index (χ2v) is 5.92. The van der Waals surface area contributed by atoms with Gasteiger partial charge in [-0.05, 0) is 67.0 Å². The number of nitrogens with two attached hydrogens (primary N) is 1. The average Bonchev–Trinajstić information content (AvgIpc) is 2.46. The fourth-order valence-corrected chi connectivity index (χ4v) is 2.85. The van der Waals surface area contributed by atoms with Gasteiger partial charge < -0.3 is 5.73 Å². The minimum absolute atomic E-state index is 0.280. The molecule has 0 atom stereocenters. The Labute approximate surface area is 120 Å². The first-order valence-electron chi connectivity index (χ1n) is 7.30. The zero-order chi connectivity index (χ0) is 14.7. The first-order chi connectivity index (χ1) is 9.49. The monoisotopic (exact) mass is 274 g/mol. The molecule has 0 aliphatic heterocycles. The summed E-state index contributed by atoms with van der Waals surface area (Å²) in [5.41, 5.74) is 9.06. The van der Waals surface area contributed by atoms with Crippen molar-refractivity contribution in [2.75, 3.05) is 0 Å². The van der Waals surface area contributed by atoms with E-state index >= 15 is 0 Å². The van der Waals surface area contributed by atoms with E-state index in [1.807, 2.05) is 6.92 Å². The van der Waals surface area contributed by atoms with E-state index in [0.717, 1.165) is 35.6 Å². The van der Waals surface area contributed by atoms with Gasteiger partial charge in [0.2, 0.25) is 0 Å². The molecule has 2 nitrogen and oxygen atoms in total. The van der Waals surface area contributed by atoms with E-state index in [9.17, 15) is 4.39 Å². The van der Waals surface area contributed by atoms with Gasteiger partial charge >= 0.3 is 0 Å². The zero-order valence-electron chi connectivity index (χ0n) is 12.2. The van der Waals surface area contributed by atoms with E-state index in [2.05, 4.69) is 6.92 Å². The van der Waals surface area contributed by atoms with Crippen LogP contribution < -0.4 is 5.73 Å². The van der Waals surface area contributed by atoms with Crippen LogP contribution in [0, 0.1) is 23.1 Å². The van der Waals surface area contributed by atoms with E-state index in [1.54, 1.807) is 12.1 Å².